The Labute approximate surface area is 775 Å². The number of anilines is 9. The lowest BCUT2D eigenvalue weighted by Gasteiger charge is -2.29. The van der Waals surface area contributed by atoms with E-state index in [1.54, 1.807) is 0 Å². The fraction of sp³-hybridized carbons (Fsp3) is 0.190. The molecule has 0 spiro atoms. The molecule has 5 heteroatoms. The van der Waals surface area contributed by atoms with Crippen molar-refractivity contribution in [2.45, 2.75) is 143 Å². The minimum absolute atomic E-state index is 0.107. The normalized spacial score (nSPS) is 13.8. The van der Waals surface area contributed by atoms with E-state index in [0.717, 1.165) is 135 Å². The van der Waals surface area contributed by atoms with Gasteiger partial charge in [-0.3, -0.25) is 0 Å². The lowest BCUT2D eigenvalue weighted by atomic mass is 9.81. The highest BCUT2D eigenvalue weighted by atomic mass is 16.5. The second-order valence-corrected chi connectivity index (χ2v) is 38.7. The number of ether oxygens (including phenoxy) is 2. The maximum atomic E-state index is 6.95. The predicted octanol–water partition coefficient (Wildman–Crippen LogP) is 35.1. The molecule has 0 heterocycles. The molecule has 0 bridgehead atoms. The Hall–Kier alpha value is -14.3. The van der Waals surface area contributed by atoms with Gasteiger partial charge in [-0.2, -0.15) is 0 Å². The van der Waals surface area contributed by atoms with Crippen LogP contribution in [0.25, 0.3) is 111 Å². The Morgan fingerprint density at radius 1 is 0.191 bits per heavy atom. The maximum absolute atomic E-state index is 6.95. The molecule has 4 aliphatic carbocycles. The van der Waals surface area contributed by atoms with E-state index in [-0.39, 0.29) is 21.7 Å². The van der Waals surface area contributed by atoms with Gasteiger partial charge in [-0.15, -0.1) is 0 Å². The molecule has 21 rings (SSSR count). The molecule has 17 aromatic rings. The average Bonchev–Trinajstić information content (AvgIpc) is 1.60. The van der Waals surface area contributed by atoms with Crippen LogP contribution in [0.3, 0.4) is 0 Å². The van der Waals surface area contributed by atoms with Crippen molar-refractivity contribution in [1.29, 1.82) is 0 Å². The van der Waals surface area contributed by atoms with Gasteiger partial charge in [0.05, 0.1) is 13.2 Å². The van der Waals surface area contributed by atoms with Crippen LogP contribution in [-0.4, -0.2) is 13.2 Å². The zero-order valence-corrected chi connectivity index (χ0v) is 77.5. The molecule has 4 aliphatic rings. The average molecular weight is 1700 g/mol. The molecule has 0 saturated heterocycles. The van der Waals surface area contributed by atoms with Gasteiger partial charge in [-0.1, -0.05) is 332 Å². The molecule has 0 fully saturated rings. The van der Waals surface area contributed by atoms with E-state index in [0.29, 0.717) is 13.2 Å². The first-order chi connectivity index (χ1) is 63.7. The van der Waals surface area contributed by atoms with Crippen molar-refractivity contribution < 1.29 is 9.47 Å². The first kappa shape index (κ1) is 83.6. The molecule has 0 radical (unpaired) electrons. The van der Waals surface area contributed by atoms with Crippen molar-refractivity contribution in [3.8, 4) is 123 Å². The molecule has 644 valence electrons. The van der Waals surface area contributed by atoms with Crippen LogP contribution in [0.4, 0.5) is 51.2 Å². The Bertz CT molecular complexity index is 7240. The number of rotatable bonds is 25. The third kappa shape index (κ3) is 14.8. The molecule has 0 aliphatic heterocycles. The smallest absolute Gasteiger partial charge is 0.128 e. The summed E-state index contributed by atoms with van der Waals surface area (Å²) in [5.41, 5.74) is 46.9. The summed E-state index contributed by atoms with van der Waals surface area (Å²) in [4.78, 5) is 7.27. The summed E-state index contributed by atoms with van der Waals surface area (Å²) in [7, 11) is 0. The van der Waals surface area contributed by atoms with Gasteiger partial charge in [0.25, 0.3) is 0 Å². The van der Waals surface area contributed by atoms with Crippen LogP contribution in [0.15, 0.2) is 370 Å². The number of para-hydroxylation sites is 2. The molecule has 17 aromatic carbocycles. The van der Waals surface area contributed by atoms with Crippen LogP contribution in [0.2, 0.25) is 0 Å². The van der Waals surface area contributed by atoms with Gasteiger partial charge in [0.2, 0.25) is 0 Å². The lowest BCUT2D eigenvalue weighted by Crippen LogP contribution is -2.16. The number of unbranched alkanes of at least 4 members (excludes halogenated alkanes) is 4. The van der Waals surface area contributed by atoms with E-state index in [1.165, 1.54) is 134 Å². The summed E-state index contributed by atoms with van der Waals surface area (Å²) in [6.45, 7) is 29.3. The standard InChI is InChI=1S/C126H113N3O2/c1-13-15-29-71-130-121-81-112(122(131-72-30-16-14-2)80-111(121)88-45-41-86(42-46-88)101-66-59-96(73-82(101)3)128(93-33-21-18-22-34-93)99-62-69-109-104-36-24-27-39-114(104)124(7,8)119(109)78-99)89-47-43-87(44-48-89)102-67-60-97(74-83(102)4)129(100-63-70-110-105-37-25-28-40-115(105)125(9,10)120(110)79-100)95-57-51-85(52-58-95)91-54-65-107-106-64-53-90(75-116(106)126(11,12)117(107)76-91)84-49-55-94(56-50-84)127(92-31-19-17-20-32-92)98-61-68-108-103-35-23-26-38-113(103)123(5,6)118(108)77-98/h17-28,31-70,73-81H,13-16,29-30,71-72H2,1-12H3. The van der Waals surface area contributed by atoms with Crippen molar-refractivity contribution in [2.75, 3.05) is 27.9 Å². The number of hydrogen-bond donors (Lipinski definition) is 0. The summed E-state index contributed by atoms with van der Waals surface area (Å²) < 4.78 is 13.9. The Morgan fingerprint density at radius 3 is 0.756 bits per heavy atom. The molecule has 0 atom stereocenters. The minimum atomic E-state index is -0.240. The van der Waals surface area contributed by atoms with Gasteiger partial charge in [-0.05, 0) is 316 Å². The fourth-order valence-electron chi connectivity index (χ4n) is 21.9. The van der Waals surface area contributed by atoms with Gasteiger partial charge in [-0.25, -0.2) is 0 Å². The molecule has 0 saturated carbocycles. The van der Waals surface area contributed by atoms with E-state index < -0.39 is 0 Å². The van der Waals surface area contributed by atoms with E-state index >= 15 is 0 Å². The van der Waals surface area contributed by atoms with E-state index in [1.807, 2.05) is 0 Å². The summed E-state index contributed by atoms with van der Waals surface area (Å²) in [6, 6.07) is 139. The molecule has 0 unspecified atom stereocenters. The monoisotopic (exact) mass is 1700 g/mol. The van der Waals surface area contributed by atoms with Crippen molar-refractivity contribution >= 4 is 51.2 Å². The van der Waals surface area contributed by atoms with Gasteiger partial charge < -0.3 is 24.2 Å². The van der Waals surface area contributed by atoms with Crippen molar-refractivity contribution in [3.63, 3.8) is 0 Å². The zero-order valence-electron chi connectivity index (χ0n) is 77.5. The lowest BCUT2D eigenvalue weighted by molar-refractivity contribution is 0.300. The highest BCUT2D eigenvalue weighted by Crippen LogP contribution is 2.57. The highest BCUT2D eigenvalue weighted by molar-refractivity contribution is 5.94. The summed E-state index contributed by atoms with van der Waals surface area (Å²) >= 11 is 0. The van der Waals surface area contributed by atoms with Crippen LogP contribution in [-0.2, 0) is 21.7 Å². The maximum Gasteiger partial charge on any atom is 0.128 e. The predicted molar refractivity (Wildman–Crippen MR) is 553 cm³/mol. The molecule has 0 amide bonds. The number of fused-ring (bicyclic) bond motifs is 12. The fourth-order valence-corrected chi connectivity index (χ4v) is 21.9. The first-order valence-electron chi connectivity index (χ1n) is 47.3. The van der Waals surface area contributed by atoms with Crippen molar-refractivity contribution in [3.05, 3.63) is 426 Å². The summed E-state index contributed by atoms with van der Waals surface area (Å²) in [5.74, 6) is 1.72. The molecule has 0 aromatic heterocycles. The number of hydrogen-bond acceptors (Lipinski definition) is 5. The highest BCUT2D eigenvalue weighted by Gasteiger charge is 2.41. The molecular weight excluding hydrogens is 1590 g/mol. The largest absolute Gasteiger partial charge is 0.493 e. The molecule has 131 heavy (non-hydrogen) atoms. The van der Waals surface area contributed by atoms with Crippen LogP contribution in [0, 0.1) is 13.8 Å². The number of aryl methyl sites for hydroxylation is 2. The molecule has 0 N–H and O–H groups in total. The third-order valence-corrected chi connectivity index (χ3v) is 29.1. The third-order valence-electron chi connectivity index (χ3n) is 29.1. The first-order valence-corrected chi connectivity index (χ1v) is 47.3. The topological polar surface area (TPSA) is 28.2 Å². The summed E-state index contributed by atoms with van der Waals surface area (Å²) in [5, 5.41) is 0. The second kappa shape index (κ2) is 33.7. The van der Waals surface area contributed by atoms with Gasteiger partial charge in [0.1, 0.15) is 11.5 Å². The van der Waals surface area contributed by atoms with E-state index in [4.69, 9.17) is 9.47 Å². The van der Waals surface area contributed by atoms with Crippen LogP contribution in [0.1, 0.15) is 163 Å². The Balaban J connectivity index is 0.559. The zero-order chi connectivity index (χ0) is 89.6. The van der Waals surface area contributed by atoms with Crippen LogP contribution >= 0.6 is 0 Å². The van der Waals surface area contributed by atoms with Gasteiger partial charge in [0, 0.05) is 84.0 Å². The van der Waals surface area contributed by atoms with Gasteiger partial charge >= 0.3 is 0 Å². The van der Waals surface area contributed by atoms with Crippen molar-refractivity contribution in [1.82, 2.24) is 0 Å². The SMILES string of the molecule is CCCCCOc1cc(-c2ccc(-c3ccc(N(c4ccc(-c5ccc6c(c5)C(C)(C)c5cc(-c7ccc(N(c8ccccc8)c8ccc9c(c8)C(C)(C)c8ccccc8-9)cc7)ccc5-6)cc4)c4ccc5c(c4)C(C)(C)c4ccccc4-5)cc3C)cc2)c(OCCCCC)cc1-c1ccc(-c2ccc(N(c3ccccc3)c3ccc4c(c3)C(C)(C)c3ccccc3-4)cc2C)cc1. The Kier molecular flexibility index (Phi) is 21.5. The quantitative estimate of drug-likeness (QED) is 0.0532. The van der Waals surface area contributed by atoms with E-state index in [9.17, 15) is 0 Å². The van der Waals surface area contributed by atoms with Crippen LogP contribution in [0.5, 0.6) is 11.5 Å². The molecule has 5 nitrogen and oxygen atoms in total. The van der Waals surface area contributed by atoms with E-state index in [2.05, 4.69) is 468 Å². The van der Waals surface area contributed by atoms with Crippen LogP contribution < -0.4 is 24.2 Å². The van der Waals surface area contributed by atoms with Crippen molar-refractivity contribution in [2.24, 2.45) is 0 Å². The minimum Gasteiger partial charge on any atom is -0.493 e. The number of benzene rings is 17. The summed E-state index contributed by atoms with van der Waals surface area (Å²) in [6.07, 6.45) is 6.37. The Morgan fingerprint density at radius 2 is 0.427 bits per heavy atom. The number of nitrogens with zero attached hydrogens (tertiary/aromatic N) is 3. The van der Waals surface area contributed by atoms with Gasteiger partial charge in [0.15, 0.2) is 0 Å². The molecular formula is C126H113N3O2. The second-order valence-electron chi connectivity index (χ2n) is 38.7.